The number of rotatable bonds is 7. The first-order valence-electron chi connectivity index (χ1n) is 10.7. The number of carbonyl (C=O) groups excluding carboxylic acids is 1. The number of hydrogen-bond acceptors (Lipinski definition) is 7. The first-order valence-corrected chi connectivity index (χ1v) is 12.5. The van der Waals surface area contributed by atoms with E-state index in [4.69, 9.17) is 9.47 Å². The second kappa shape index (κ2) is 10.4. The van der Waals surface area contributed by atoms with E-state index in [1.165, 1.54) is 35.9 Å². The molecule has 0 radical (unpaired) electrons. The van der Waals surface area contributed by atoms with Crippen LogP contribution >= 0.6 is 0 Å². The number of amides is 1. The van der Waals surface area contributed by atoms with Gasteiger partial charge < -0.3 is 19.5 Å². The molecule has 0 saturated carbocycles. The molecule has 180 valence electrons. The maximum Gasteiger partial charge on any atom is 0.248 e. The molecule has 2 saturated heterocycles. The summed E-state index contributed by atoms with van der Waals surface area (Å²) in [7, 11) is -1.79. The molecule has 0 aliphatic carbocycles. The van der Waals surface area contributed by atoms with E-state index in [9.17, 15) is 22.7 Å². The molecular formula is C21H32FN3O6S. The molecule has 1 amide bonds. The van der Waals surface area contributed by atoms with E-state index in [0.717, 1.165) is 0 Å². The number of β-amino-alcohol motifs (C(OH)–C–C–N with tert-alkyl or cyclic N) is 1. The normalized spacial score (nSPS) is 24.3. The molecule has 2 fully saturated rings. The highest BCUT2D eigenvalue weighted by Gasteiger charge is 2.40. The minimum Gasteiger partial charge on any atom is -0.490 e. The minimum atomic E-state index is -3.23. The fourth-order valence-electron chi connectivity index (χ4n) is 4.33. The van der Waals surface area contributed by atoms with E-state index in [2.05, 4.69) is 4.90 Å². The lowest BCUT2D eigenvalue weighted by Gasteiger charge is -2.39. The fraction of sp³-hybridized carbons (Fsp3) is 0.667. The monoisotopic (exact) mass is 473 g/mol. The predicted molar refractivity (Wildman–Crippen MR) is 116 cm³/mol. The Hall–Kier alpha value is -1.79. The number of aliphatic hydroxyl groups is 1. The molecule has 32 heavy (non-hydrogen) atoms. The average Bonchev–Trinajstić information content (AvgIpc) is 2.92. The number of halogens is 1. The van der Waals surface area contributed by atoms with Gasteiger partial charge in [-0.05, 0) is 25.0 Å². The van der Waals surface area contributed by atoms with Crippen LogP contribution in [0.5, 0.6) is 5.75 Å². The summed E-state index contributed by atoms with van der Waals surface area (Å²) in [6.45, 7) is 1.90. The number of hydrogen-bond donors (Lipinski definition) is 1. The Morgan fingerprint density at radius 3 is 2.56 bits per heavy atom. The van der Waals surface area contributed by atoms with Gasteiger partial charge in [0.05, 0.1) is 12.8 Å². The largest absolute Gasteiger partial charge is 0.490 e. The van der Waals surface area contributed by atoms with E-state index in [1.807, 2.05) is 0 Å². The summed E-state index contributed by atoms with van der Waals surface area (Å²) in [6, 6.07) is 5.76. The number of benzene rings is 1. The Labute approximate surface area is 188 Å². The van der Waals surface area contributed by atoms with Crippen molar-refractivity contribution >= 4 is 15.9 Å². The Balaban J connectivity index is 1.73. The van der Waals surface area contributed by atoms with Gasteiger partial charge in [0.1, 0.15) is 30.4 Å². The van der Waals surface area contributed by atoms with Gasteiger partial charge >= 0.3 is 0 Å². The van der Waals surface area contributed by atoms with Crippen molar-refractivity contribution < 1.29 is 32.2 Å². The minimum absolute atomic E-state index is 0.0587. The molecule has 2 heterocycles. The lowest BCUT2D eigenvalue weighted by Crippen LogP contribution is -2.55. The lowest BCUT2D eigenvalue weighted by atomic mass is 10.00. The quantitative estimate of drug-likeness (QED) is 0.602. The van der Waals surface area contributed by atoms with Crippen molar-refractivity contribution in [3.8, 4) is 5.75 Å². The topological polar surface area (TPSA) is 99.6 Å². The van der Waals surface area contributed by atoms with Crippen LogP contribution in [0.2, 0.25) is 0 Å². The van der Waals surface area contributed by atoms with Gasteiger partial charge in [-0.25, -0.2) is 17.1 Å². The highest BCUT2D eigenvalue weighted by molar-refractivity contribution is 7.88. The van der Waals surface area contributed by atoms with Crippen LogP contribution in [0.25, 0.3) is 0 Å². The number of methoxy groups -OCH3 is 1. The summed E-state index contributed by atoms with van der Waals surface area (Å²) < 4.78 is 49.3. The number of nitrogens with zero attached hydrogens (tertiary/aromatic N) is 3. The summed E-state index contributed by atoms with van der Waals surface area (Å²) in [4.78, 5) is 16.2. The number of ether oxygens (including phenoxy) is 2. The molecule has 0 aromatic heterocycles. The second-order valence-corrected chi connectivity index (χ2v) is 10.6. The Bertz CT molecular complexity index is 893. The fourth-order valence-corrected chi connectivity index (χ4v) is 5.21. The van der Waals surface area contributed by atoms with E-state index < -0.39 is 21.4 Å². The van der Waals surface area contributed by atoms with Crippen LogP contribution in [0.4, 0.5) is 4.39 Å². The number of sulfonamides is 1. The molecule has 1 aromatic rings. The Kier molecular flexibility index (Phi) is 8.10. The zero-order chi connectivity index (χ0) is 23.4. The maximum atomic E-state index is 13.5. The molecular weight excluding hydrogens is 441 g/mol. The van der Waals surface area contributed by atoms with Gasteiger partial charge in [0.25, 0.3) is 0 Å². The van der Waals surface area contributed by atoms with Crippen molar-refractivity contribution in [2.45, 2.75) is 24.5 Å². The standard InChI is InChI=1S/C21H32FN3O6S/c1-30-13-20(26)24-11-10-23(18-6-8-25(9-7-18)32(2,28)29)14-21(27,15-24)16-31-19-5-3-4-17(22)12-19/h3-5,12,18,27H,6-11,13-16H2,1-2H3. The SMILES string of the molecule is COCC(=O)N1CCN(C2CCN(S(C)(=O)=O)CC2)CC(O)(COc2cccc(F)c2)C1. The molecule has 1 N–H and O–H groups in total. The van der Waals surface area contributed by atoms with Crippen LogP contribution in [-0.4, -0.2) is 111 Å². The molecule has 3 rings (SSSR count). The zero-order valence-electron chi connectivity index (χ0n) is 18.6. The molecule has 0 spiro atoms. The van der Waals surface area contributed by atoms with Gasteiger partial charge in [-0.15, -0.1) is 0 Å². The van der Waals surface area contributed by atoms with Crippen molar-refractivity contribution in [1.82, 2.24) is 14.1 Å². The highest BCUT2D eigenvalue weighted by atomic mass is 32.2. The molecule has 9 nitrogen and oxygen atoms in total. The van der Waals surface area contributed by atoms with Crippen LogP contribution in [0.3, 0.4) is 0 Å². The van der Waals surface area contributed by atoms with Crippen LogP contribution < -0.4 is 4.74 Å². The third-order valence-corrected chi connectivity index (χ3v) is 7.28. The van der Waals surface area contributed by atoms with Crippen molar-refractivity contribution in [3.63, 3.8) is 0 Å². The van der Waals surface area contributed by atoms with Gasteiger partial charge in [0.15, 0.2) is 0 Å². The van der Waals surface area contributed by atoms with Crippen molar-refractivity contribution in [2.75, 3.05) is 65.8 Å². The predicted octanol–water partition coefficient (Wildman–Crippen LogP) is 0.150. The number of piperidine rings is 1. The summed E-state index contributed by atoms with van der Waals surface area (Å²) in [5.74, 6) is -0.373. The van der Waals surface area contributed by atoms with Gasteiger partial charge in [0, 0.05) is 51.9 Å². The summed E-state index contributed by atoms with van der Waals surface area (Å²) in [6.07, 6.45) is 2.49. The molecule has 2 aliphatic heterocycles. The molecule has 2 aliphatic rings. The van der Waals surface area contributed by atoms with Gasteiger partial charge in [-0.3, -0.25) is 9.69 Å². The average molecular weight is 474 g/mol. The number of carbonyl (C=O) groups is 1. The van der Waals surface area contributed by atoms with Gasteiger partial charge in [-0.1, -0.05) is 6.07 Å². The van der Waals surface area contributed by atoms with Crippen LogP contribution in [0, 0.1) is 5.82 Å². The summed E-state index contributed by atoms with van der Waals surface area (Å²) in [5, 5.41) is 11.5. The van der Waals surface area contributed by atoms with Crippen molar-refractivity contribution in [3.05, 3.63) is 30.1 Å². The van der Waals surface area contributed by atoms with E-state index in [-0.39, 0.29) is 38.3 Å². The van der Waals surface area contributed by atoms with Crippen molar-refractivity contribution in [2.24, 2.45) is 0 Å². The third-order valence-electron chi connectivity index (χ3n) is 5.97. The first kappa shape index (κ1) is 24.8. The van der Waals surface area contributed by atoms with Crippen molar-refractivity contribution in [1.29, 1.82) is 0 Å². The molecule has 1 aromatic carbocycles. The van der Waals surface area contributed by atoms with E-state index in [1.54, 1.807) is 11.0 Å². The maximum absolute atomic E-state index is 13.5. The van der Waals surface area contributed by atoms with Gasteiger partial charge in [0.2, 0.25) is 15.9 Å². The first-order chi connectivity index (χ1) is 15.1. The lowest BCUT2D eigenvalue weighted by molar-refractivity contribution is -0.138. The Morgan fingerprint density at radius 2 is 1.94 bits per heavy atom. The third kappa shape index (κ3) is 6.61. The smallest absolute Gasteiger partial charge is 0.248 e. The molecule has 1 atom stereocenters. The van der Waals surface area contributed by atoms with E-state index in [0.29, 0.717) is 44.8 Å². The van der Waals surface area contributed by atoms with Crippen LogP contribution in [0.1, 0.15) is 12.8 Å². The zero-order valence-corrected chi connectivity index (χ0v) is 19.4. The summed E-state index contributed by atoms with van der Waals surface area (Å²) >= 11 is 0. The molecule has 1 unspecified atom stereocenters. The Morgan fingerprint density at radius 1 is 1.22 bits per heavy atom. The van der Waals surface area contributed by atoms with Crippen LogP contribution in [-0.2, 0) is 19.6 Å². The van der Waals surface area contributed by atoms with Crippen LogP contribution in [0.15, 0.2) is 24.3 Å². The van der Waals surface area contributed by atoms with E-state index >= 15 is 0 Å². The van der Waals surface area contributed by atoms with Gasteiger partial charge in [-0.2, -0.15) is 0 Å². The molecule has 0 bridgehead atoms. The highest BCUT2D eigenvalue weighted by Crippen LogP contribution is 2.24. The second-order valence-electron chi connectivity index (χ2n) is 8.58. The molecule has 11 heteroatoms. The summed E-state index contributed by atoms with van der Waals surface area (Å²) in [5.41, 5.74) is -1.39.